The van der Waals surface area contributed by atoms with Crippen molar-refractivity contribution in [3.63, 3.8) is 0 Å². The van der Waals surface area contributed by atoms with Crippen LogP contribution in [0, 0.1) is 5.41 Å². The number of hydrogen-bond acceptors (Lipinski definition) is 2. The molecule has 68 valence electrons. The summed E-state index contributed by atoms with van der Waals surface area (Å²) in [6, 6.07) is 0. The number of fused-ring (bicyclic) bond motifs is 1. The van der Waals surface area contributed by atoms with Gasteiger partial charge in [0.2, 0.25) is 0 Å². The molecule has 0 spiro atoms. The highest BCUT2D eigenvalue weighted by atomic mass is 32.2. The van der Waals surface area contributed by atoms with Crippen LogP contribution in [0.5, 0.6) is 0 Å². The minimum Gasteiger partial charge on any atom is -0.391 e. The molecule has 0 aromatic carbocycles. The Labute approximate surface area is 75.1 Å². The molecule has 2 rings (SSSR count). The van der Waals surface area contributed by atoms with Crippen LogP contribution in [0.2, 0.25) is 0 Å². The molecule has 0 aromatic rings. The minimum absolute atomic E-state index is 0.192. The molecule has 1 aliphatic carbocycles. The van der Waals surface area contributed by atoms with Crippen molar-refractivity contribution in [1.29, 1.82) is 0 Å². The molecule has 4 atom stereocenters. The third-order valence-electron chi connectivity index (χ3n) is 3.12. The van der Waals surface area contributed by atoms with Gasteiger partial charge >= 0.3 is 0 Å². The Morgan fingerprint density at radius 1 is 1.67 bits per heavy atom. The van der Waals surface area contributed by atoms with E-state index in [-0.39, 0.29) is 10.7 Å². The first-order chi connectivity index (χ1) is 5.64. The maximum Gasteiger partial charge on any atom is 0.0754 e. The number of allylic oxidation sites excluding steroid dienone is 1. The van der Waals surface area contributed by atoms with Gasteiger partial charge in [0.15, 0.2) is 0 Å². The lowest BCUT2D eigenvalue weighted by molar-refractivity contribution is 0.0960. The van der Waals surface area contributed by atoms with Gasteiger partial charge in [0.25, 0.3) is 0 Å². The van der Waals surface area contributed by atoms with E-state index in [1.807, 2.05) is 6.92 Å². The predicted molar refractivity (Wildman–Crippen MR) is 49.3 cm³/mol. The fourth-order valence-corrected chi connectivity index (χ4v) is 4.30. The molecule has 0 bridgehead atoms. The Hall–Kier alpha value is -0.150. The maximum atomic E-state index is 11.5. The molecule has 0 saturated carbocycles. The van der Waals surface area contributed by atoms with Crippen LogP contribution in [-0.2, 0) is 10.8 Å². The Kier molecular flexibility index (Phi) is 1.88. The molecule has 2 aliphatic rings. The lowest BCUT2D eigenvalue weighted by Gasteiger charge is -2.32. The average molecular weight is 186 g/mol. The van der Waals surface area contributed by atoms with E-state index in [1.165, 1.54) is 0 Å². The third-order valence-corrected chi connectivity index (χ3v) is 5.15. The van der Waals surface area contributed by atoms with Crippen molar-refractivity contribution in [1.82, 2.24) is 0 Å². The SMILES string of the molecule is C[C@@]12C=CCC[C@@H]1S(=O)C[C@@H]2O. The first-order valence-corrected chi connectivity index (χ1v) is 5.76. The molecule has 0 radical (unpaired) electrons. The molecule has 3 heteroatoms. The molecule has 2 nitrogen and oxygen atoms in total. The van der Waals surface area contributed by atoms with Crippen molar-refractivity contribution in [2.24, 2.45) is 5.41 Å². The first kappa shape index (κ1) is 8.45. The Bertz CT molecular complexity index is 249. The molecular formula is C9H14O2S. The second-order valence-corrected chi connectivity index (χ2v) is 5.56. The van der Waals surface area contributed by atoms with Crippen LogP contribution in [-0.4, -0.2) is 26.4 Å². The Morgan fingerprint density at radius 2 is 2.42 bits per heavy atom. The van der Waals surface area contributed by atoms with Crippen molar-refractivity contribution < 1.29 is 9.32 Å². The summed E-state index contributed by atoms with van der Waals surface area (Å²) in [6.45, 7) is 2.02. The van der Waals surface area contributed by atoms with Crippen LogP contribution in [0.25, 0.3) is 0 Å². The highest BCUT2D eigenvalue weighted by Crippen LogP contribution is 2.43. The summed E-state index contributed by atoms with van der Waals surface area (Å²) in [5.74, 6) is 0.464. The van der Waals surface area contributed by atoms with Crippen LogP contribution in [0.3, 0.4) is 0 Å². The normalized spacial score (nSPS) is 52.3. The molecule has 12 heavy (non-hydrogen) atoms. The maximum absolute atomic E-state index is 11.5. The quantitative estimate of drug-likeness (QED) is 0.569. The Morgan fingerprint density at radius 3 is 3.08 bits per heavy atom. The van der Waals surface area contributed by atoms with Gasteiger partial charge < -0.3 is 5.11 Å². The molecular weight excluding hydrogens is 172 g/mol. The number of aliphatic hydroxyl groups is 1. The first-order valence-electron chi connectivity index (χ1n) is 4.37. The number of rotatable bonds is 0. The van der Waals surface area contributed by atoms with Crippen LogP contribution in [0.15, 0.2) is 12.2 Å². The summed E-state index contributed by atoms with van der Waals surface area (Å²) < 4.78 is 11.5. The Balaban J connectivity index is 2.37. The zero-order chi connectivity index (χ0) is 8.77. The van der Waals surface area contributed by atoms with E-state index in [0.29, 0.717) is 5.75 Å². The minimum atomic E-state index is -0.810. The molecule has 0 amide bonds. The molecule has 1 saturated heterocycles. The summed E-state index contributed by atoms with van der Waals surface area (Å²) in [7, 11) is -0.810. The lowest BCUT2D eigenvalue weighted by atomic mass is 9.77. The number of hydrogen-bond donors (Lipinski definition) is 1. The zero-order valence-electron chi connectivity index (χ0n) is 7.19. The summed E-state index contributed by atoms with van der Waals surface area (Å²) in [5.41, 5.74) is -0.205. The van der Waals surface area contributed by atoms with Crippen molar-refractivity contribution >= 4 is 10.8 Å². The number of aliphatic hydroxyl groups excluding tert-OH is 1. The second-order valence-electron chi connectivity index (χ2n) is 3.90. The molecule has 1 aliphatic heterocycles. The van der Waals surface area contributed by atoms with Crippen molar-refractivity contribution in [2.75, 3.05) is 5.75 Å². The molecule has 1 fully saturated rings. The van der Waals surface area contributed by atoms with Crippen molar-refractivity contribution in [2.45, 2.75) is 31.1 Å². The van der Waals surface area contributed by atoms with Gasteiger partial charge in [-0.2, -0.15) is 0 Å². The highest BCUT2D eigenvalue weighted by molar-refractivity contribution is 7.86. The molecule has 0 aromatic heterocycles. The van der Waals surface area contributed by atoms with Gasteiger partial charge in [0.1, 0.15) is 0 Å². The summed E-state index contributed by atoms with van der Waals surface area (Å²) in [4.78, 5) is 0. The van der Waals surface area contributed by atoms with Gasteiger partial charge in [-0.3, -0.25) is 4.21 Å². The van der Waals surface area contributed by atoms with Gasteiger partial charge in [-0.25, -0.2) is 0 Å². The third kappa shape index (κ3) is 0.995. The topological polar surface area (TPSA) is 37.3 Å². The molecule has 1 N–H and O–H groups in total. The largest absolute Gasteiger partial charge is 0.391 e. The van der Waals surface area contributed by atoms with E-state index < -0.39 is 16.9 Å². The van der Waals surface area contributed by atoms with Crippen LogP contribution in [0.1, 0.15) is 19.8 Å². The van der Waals surface area contributed by atoms with Gasteiger partial charge in [-0.1, -0.05) is 19.1 Å². The standard InChI is InChI=1S/C9H14O2S/c1-9-5-3-2-4-8(9)12(11)6-7(9)10/h3,5,7-8,10H,2,4,6H2,1H3/t7-,8-,9-,12?/m0/s1. The van der Waals surface area contributed by atoms with E-state index in [9.17, 15) is 9.32 Å². The second kappa shape index (κ2) is 2.67. The van der Waals surface area contributed by atoms with Gasteiger partial charge in [-0.05, 0) is 12.8 Å². The van der Waals surface area contributed by atoms with Gasteiger partial charge in [0.05, 0.1) is 11.9 Å². The van der Waals surface area contributed by atoms with Crippen LogP contribution < -0.4 is 0 Å². The van der Waals surface area contributed by atoms with E-state index in [0.717, 1.165) is 12.8 Å². The summed E-state index contributed by atoms with van der Waals surface area (Å²) in [6.07, 6.45) is 5.73. The van der Waals surface area contributed by atoms with E-state index in [4.69, 9.17) is 0 Å². The van der Waals surface area contributed by atoms with Gasteiger partial charge in [-0.15, -0.1) is 0 Å². The van der Waals surface area contributed by atoms with E-state index in [2.05, 4.69) is 12.2 Å². The van der Waals surface area contributed by atoms with Crippen LogP contribution >= 0.6 is 0 Å². The van der Waals surface area contributed by atoms with Crippen molar-refractivity contribution in [3.8, 4) is 0 Å². The van der Waals surface area contributed by atoms with Crippen molar-refractivity contribution in [3.05, 3.63) is 12.2 Å². The predicted octanol–water partition coefficient (Wildman–Crippen LogP) is 0.835. The lowest BCUT2D eigenvalue weighted by Crippen LogP contribution is -2.36. The van der Waals surface area contributed by atoms with E-state index >= 15 is 0 Å². The van der Waals surface area contributed by atoms with Crippen LogP contribution in [0.4, 0.5) is 0 Å². The highest BCUT2D eigenvalue weighted by Gasteiger charge is 2.49. The fraction of sp³-hybridized carbons (Fsp3) is 0.778. The molecule has 1 unspecified atom stereocenters. The summed E-state index contributed by atoms with van der Waals surface area (Å²) >= 11 is 0. The fourth-order valence-electron chi connectivity index (χ4n) is 2.19. The smallest absolute Gasteiger partial charge is 0.0754 e. The zero-order valence-corrected chi connectivity index (χ0v) is 8.01. The van der Waals surface area contributed by atoms with E-state index in [1.54, 1.807) is 0 Å². The van der Waals surface area contributed by atoms with Gasteiger partial charge in [0, 0.05) is 21.5 Å². The monoisotopic (exact) mass is 186 g/mol. The summed E-state index contributed by atoms with van der Waals surface area (Å²) in [5, 5.41) is 9.90. The molecule has 1 heterocycles. The average Bonchev–Trinajstić information content (AvgIpc) is 2.25.